The van der Waals surface area contributed by atoms with E-state index < -0.39 is 0 Å². The predicted octanol–water partition coefficient (Wildman–Crippen LogP) is 0.164. The minimum atomic E-state index is -0.115. The van der Waals surface area contributed by atoms with Gasteiger partial charge in [0.1, 0.15) is 0 Å². The molecule has 0 radical (unpaired) electrons. The summed E-state index contributed by atoms with van der Waals surface area (Å²) in [6, 6.07) is 0. The Kier molecular flexibility index (Phi) is 2.38. The van der Waals surface area contributed by atoms with Gasteiger partial charge in [-0.3, -0.25) is 5.87 Å². The Bertz CT molecular complexity index is 81.5. The second-order valence-corrected chi connectivity index (χ2v) is 1.05. The third-order valence-electron chi connectivity index (χ3n) is 0.428. The minimum Gasteiger partial charge on any atom is -0.763 e. The van der Waals surface area contributed by atoms with Crippen LogP contribution in [-0.4, -0.2) is 17.6 Å². The molecule has 1 N–H and O–H groups in total. The van der Waals surface area contributed by atoms with E-state index in [0.717, 1.165) is 0 Å². The van der Waals surface area contributed by atoms with E-state index >= 15 is 0 Å². The van der Waals surface area contributed by atoms with Crippen molar-refractivity contribution < 1.29 is 5.11 Å². The fourth-order valence-electron chi connectivity index (χ4n) is 0.0354. The third-order valence-corrected chi connectivity index (χ3v) is 0.428. The van der Waals surface area contributed by atoms with Gasteiger partial charge >= 0.3 is 0 Å². The van der Waals surface area contributed by atoms with Gasteiger partial charge in [-0.25, -0.2) is 0 Å². The SMILES string of the molecule is CC(=C=[N-])CO. The Morgan fingerprint density at radius 3 is 2.50 bits per heavy atom. The number of hydrogen-bond donors (Lipinski definition) is 1. The molecular weight excluding hydrogens is 78.0 g/mol. The fraction of sp³-hybridized carbons (Fsp3) is 0.500. The van der Waals surface area contributed by atoms with Gasteiger partial charge in [-0.1, -0.05) is 0 Å². The summed E-state index contributed by atoms with van der Waals surface area (Å²) in [5, 5.41) is 16.0. The first-order valence-electron chi connectivity index (χ1n) is 1.64. The van der Waals surface area contributed by atoms with E-state index in [-0.39, 0.29) is 6.61 Å². The Morgan fingerprint density at radius 2 is 2.50 bits per heavy atom. The van der Waals surface area contributed by atoms with Crippen molar-refractivity contribution in [2.45, 2.75) is 6.92 Å². The smallest absolute Gasteiger partial charge is 0.0695 e. The third kappa shape index (κ3) is 1.70. The standard InChI is InChI=1S/C4H6NO/c1-4(2-5)3-6/h6H,3H2,1H3/q-1. The average Bonchev–Trinajstić information content (AvgIpc) is 1.65. The lowest BCUT2D eigenvalue weighted by molar-refractivity contribution is 0.333. The fourth-order valence-corrected chi connectivity index (χ4v) is 0.0354. The normalized spacial score (nSPS) is 7.00. The zero-order valence-electron chi connectivity index (χ0n) is 3.60. The van der Waals surface area contributed by atoms with E-state index in [9.17, 15) is 0 Å². The topological polar surface area (TPSA) is 42.5 Å². The average molecular weight is 84.1 g/mol. The van der Waals surface area contributed by atoms with E-state index in [1.165, 1.54) is 0 Å². The van der Waals surface area contributed by atoms with Crippen LogP contribution in [0, 0.1) is 0 Å². The zero-order valence-corrected chi connectivity index (χ0v) is 3.60. The van der Waals surface area contributed by atoms with E-state index in [1.54, 1.807) is 12.8 Å². The van der Waals surface area contributed by atoms with Crippen LogP contribution in [0.1, 0.15) is 6.92 Å². The van der Waals surface area contributed by atoms with E-state index in [4.69, 9.17) is 10.5 Å². The van der Waals surface area contributed by atoms with Crippen molar-refractivity contribution in [2.75, 3.05) is 6.61 Å². The van der Waals surface area contributed by atoms with Crippen LogP contribution in [0.5, 0.6) is 0 Å². The highest BCUT2D eigenvalue weighted by Crippen LogP contribution is 1.76. The van der Waals surface area contributed by atoms with Gasteiger partial charge in [0.25, 0.3) is 0 Å². The molecule has 0 atom stereocenters. The predicted molar refractivity (Wildman–Crippen MR) is 24.6 cm³/mol. The van der Waals surface area contributed by atoms with Crippen molar-refractivity contribution >= 4 is 5.87 Å². The van der Waals surface area contributed by atoms with E-state index in [2.05, 4.69) is 0 Å². The molecule has 34 valence electrons. The summed E-state index contributed by atoms with van der Waals surface area (Å²) in [5.41, 5.74) is 0.454. The molecule has 0 unspecified atom stereocenters. The van der Waals surface area contributed by atoms with Gasteiger partial charge in [-0.05, 0) is 12.5 Å². The van der Waals surface area contributed by atoms with Crippen LogP contribution >= 0.6 is 0 Å². The molecule has 0 amide bonds. The molecule has 0 bridgehead atoms. The van der Waals surface area contributed by atoms with E-state index in [0.29, 0.717) is 5.57 Å². The second kappa shape index (κ2) is 2.64. The van der Waals surface area contributed by atoms with Gasteiger partial charge in [0.15, 0.2) is 0 Å². The highest BCUT2D eigenvalue weighted by atomic mass is 16.3. The molecule has 0 aromatic rings. The van der Waals surface area contributed by atoms with Gasteiger partial charge in [0, 0.05) is 0 Å². The number of aliphatic hydroxyl groups excluding tert-OH is 1. The van der Waals surface area contributed by atoms with Crippen molar-refractivity contribution in [3.05, 3.63) is 11.0 Å². The molecule has 0 rings (SSSR count). The lowest BCUT2D eigenvalue weighted by atomic mass is 10.4. The zero-order chi connectivity index (χ0) is 4.99. The van der Waals surface area contributed by atoms with Crippen LogP contribution in [0.3, 0.4) is 0 Å². The lowest BCUT2D eigenvalue weighted by Crippen LogP contribution is -1.81. The van der Waals surface area contributed by atoms with Gasteiger partial charge in [-0.15, -0.1) is 0 Å². The Labute approximate surface area is 36.6 Å². The Balaban J connectivity index is 3.52. The molecule has 0 aromatic carbocycles. The van der Waals surface area contributed by atoms with Crippen LogP contribution < -0.4 is 0 Å². The maximum Gasteiger partial charge on any atom is 0.0695 e. The van der Waals surface area contributed by atoms with Crippen LogP contribution in [0.15, 0.2) is 5.57 Å². The molecule has 6 heavy (non-hydrogen) atoms. The Morgan fingerprint density at radius 1 is 2.00 bits per heavy atom. The van der Waals surface area contributed by atoms with Gasteiger partial charge in [0.05, 0.1) is 6.61 Å². The number of aliphatic hydroxyl groups is 1. The summed E-state index contributed by atoms with van der Waals surface area (Å²) in [5.74, 6) is 1.78. The Hall–Kier alpha value is -0.590. The quantitative estimate of drug-likeness (QED) is 0.452. The molecule has 2 heteroatoms. The molecule has 0 saturated heterocycles. The maximum absolute atomic E-state index is 8.08. The summed E-state index contributed by atoms with van der Waals surface area (Å²) in [6.45, 7) is 1.47. The molecular formula is C4H6NO-. The van der Waals surface area contributed by atoms with E-state index in [1.807, 2.05) is 0 Å². The molecule has 0 heterocycles. The van der Waals surface area contributed by atoms with Crippen LogP contribution in [0.25, 0.3) is 5.41 Å². The molecule has 0 spiro atoms. The molecule has 0 aliphatic rings. The van der Waals surface area contributed by atoms with Gasteiger partial charge < -0.3 is 10.5 Å². The summed E-state index contributed by atoms with van der Waals surface area (Å²) in [6.07, 6.45) is 0. The molecule has 0 saturated carbocycles. The number of rotatable bonds is 1. The van der Waals surface area contributed by atoms with Crippen molar-refractivity contribution in [1.29, 1.82) is 0 Å². The first kappa shape index (κ1) is 5.41. The number of nitrogens with zero attached hydrogens (tertiary/aromatic N) is 1. The monoisotopic (exact) mass is 84.0 g/mol. The van der Waals surface area contributed by atoms with Crippen molar-refractivity contribution in [1.82, 2.24) is 0 Å². The van der Waals surface area contributed by atoms with Crippen molar-refractivity contribution in [3.8, 4) is 0 Å². The number of hydrogen-bond acceptors (Lipinski definition) is 1. The van der Waals surface area contributed by atoms with Gasteiger partial charge in [-0.2, -0.15) is 0 Å². The summed E-state index contributed by atoms with van der Waals surface area (Å²) in [4.78, 5) is 0. The molecule has 0 aliphatic carbocycles. The van der Waals surface area contributed by atoms with Crippen LogP contribution in [-0.2, 0) is 0 Å². The van der Waals surface area contributed by atoms with Crippen LogP contribution in [0.4, 0.5) is 0 Å². The van der Waals surface area contributed by atoms with Crippen molar-refractivity contribution in [2.24, 2.45) is 0 Å². The highest BCUT2D eigenvalue weighted by molar-refractivity contribution is 5.59. The largest absolute Gasteiger partial charge is 0.763 e. The van der Waals surface area contributed by atoms with Crippen molar-refractivity contribution in [3.63, 3.8) is 0 Å². The first-order valence-corrected chi connectivity index (χ1v) is 1.64. The molecule has 0 fully saturated rings. The second-order valence-electron chi connectivity index (χ2n) is 1.05. The summed E-state index contributed by atoms with van der Waals surface area (Å²) < 4.78 is 0. The van der Waals surface area contributed by atoms with Gasteiger partial charge in [0.2, 0.25) is 0 Å². The summed E-state index contributed by atoms with van der Waals surface area (Å²) >= 11 is 0. The maximum atomic E-state index is 8.08. The molecule has 2 nitrogen and oxygen atoms in total. The highest BCUT2D eigenvalue weighted by Gasteiger charge is 1.70. The molecule has 0 aromatic heterocycles. The van der Waals surface area contributed by atoms with Crippen LogP contribution in [0.2, 0.25) is 0 Å². The summed E-state index contributed by atoms with van der Waals surface area (Å²) in [7, 11) is 0. The minimum absolute atomic E-state index is 0.115. The lowest BCUT2D eigenvalue weighted by Gasteiger charge is -1.84. The first-order chi connectivity index (χ1) is 2.81. The molecule has 0 aliphatic heterocycles.